The molecule has 98 valence electrons. The fourth-order valence-corrected chi connectivity index (χ4v) is 2.74. The molecular weight excluding hydrogens is 232 g/mol. The normalized spacial score (nSPS) is 31.9. The third-order valence-corrected chi connectivity index (χ3v) is 3.68. The van der Waals surface area contributed by atoms with Crippen molar-refractivity contribution in [3.8, 4) is 0 Å². The Bertz CT molecular complexity index is 415. The Morgan fingerprint density at radius 2 is 1.72 bits per heavy atom. The molecule has 0 aromatic heterocycles. The van der Waals surface area contributed by atoms with E-state index in [4.69, 9.17) is 9.47 Å². The summed E-state index contributed by atoms with van der Waals surface area (Å²) in [7, 11) is 0. The topological polar surface area (TPSA) is 52.6 Å². The van der Waals surface area contributed by atoms with E-state index in [-0.39, 0.29) is 11.5 Å². The van der Waals surface area contributed by atoms with Crippen LogP contribution in [0.4, 0.5) is 0 Å². The van der Waals surface area contributed by atoms with Crippen LogP contribution in [0.25, 0.3) is 0 Å². The van der Waals surface area contributed by atoms with Crippen LogP contribution in [0.3, 0.4) is 0 Å². The summed E-state index contributed by atoms with van der Waals surface area (Å²) in [6, 6.07) is 0. The summed E-state index contributed by atoms with van der Waals surface area (Å²) in [5, 5.41) is 0. The first kappa shape index (κ1) is 12.9. The average molecular weight is 250 g/mol. The standard InChI is InChI=1S/C14H18O4/c1-8-5-9(2)7-11(6-8)14(4)17-12(15)10(3)13(16)18-14/h9,11H,1,3,5-7H2,2,4H3. The zero-order valence-electron chi connectivity index (χ0n) is 10.8. The van der Waals surface area contributed by atoms with Crippen molar-refractivity contribution in [1.29, 1.82) is 0 Å². The number of carbonyl (C=O) groups is 2. The van der Waals surface area contributed by atoms with Crippen molar-refractivity contribution >= 4 is 11.9 Å². The molecule has 1 heterocycles. The zero-order valence-corrected chi connectivity index (χ0v) is 10.8. The maximum Gasteiger partial charge on any atom is 0.348 e. The number of hydrogen-bond donors (Lipinski definition) is 0. The molecule has 2 fully saturated rings. The molecule has 4 nitrogen and oxygen atoms in total. The summed E-state index contributed by atoms with van der Waals surface area (Å²) in [4.78, 5) is 23.2. The molecule has 2 atom stereocenters. The van der Waals surface area contributed by atoms with Gasteiger partial charge in [0.15, 0.2) is 0 Å². The van der Waals surface area contributed by atoms with Crippen molar-refractivity contribution in [3.05, 3.63) is 24.3 Å². The van der Waals surface area contributed by atoms with Gasteiger partial charge in [-0.15, -0.1) is 0 Å². The minimum atomic E-state index is -1.19. The maximum atomic E-state index is 11.6. The average Bonchev–Trinajstić information content (AvgIpc) is 2.24. The third kappa shape index (κ3) is 2.19. The fraction of sp³-hybridized carbons (Fsp3) is 0.571. The van der Waals surface area contributed by atoms with Gasteiger partial charge in [0.05, 0.1) is 0 Å². The van der Waals surface area contributed by atoms with Crippen LogP contribution in [0, 0.1) is 11.8 Å². The molecule has 1 aliphatic carbocycles. The molecule has 1 saturated heterocycles. The summed E-state index contributed by atoms with van der Waals surface area (Å²) in [5.41, 5.74) is 0.867. The van der Waals surface area contributed by atoms with E-state index in [9.17, 15) is 9.59 Å². The van der Waals surface area contributed by atoms with E-state index in [1.807, 2.05) is 0 Å². The number of esters is 2. The molecule has 0 bridgehead atoms. The molecule has 0 radical (unpaired) electrons. The Balaban J connectivity index is 2.20. The van der Waals surface area contributed by atoms with Gasteiger partial charge in [0, 0.05) is 12.8 Å². The lowest BCUT2D eigenvalue weighted by Crippen LogP contribution is -2.50. The molecule has 0 N–H and O–H groups in total. The van der Waals surface area contributed by atoms with Crippen LogP contribution in [0.1, 0.15) is 33.1 Å². The van der Waals surface area contributed by atoms with E-state index in [1.54, 1.807) is 6.92 Å². The largest absolute Gasteiger partial charge is 0.419 e. The van der Waals surface area contributed by atoms with Gasteiger partial charge in [-0.25, -0.2) is 9.59 Å². The SMILES string of the molecule is C=C1CC(C)CC(C2(C)OC(=O)C(=C)C(=O)O2)C1. The van der Waals surface area contributed by atoms with Crippen molar-refractivity contribution in [2.45, 2.75) is 38.9 Å². The van der Waals surface area contributed by atoms with Crippen LogP contribution in [-0.4, -0.2) is 17.7 Å². The second-order valence-corrected chi connectivity index (χ2v) is 5.47. The molecule has 18 heavy (non-hydrogen) atoms. The van der Waals surface area contributed by atoms with Crippen molar-refractivity contribution in [3.63, 3.8) is 0 Å². The Labute approximate surface area is 107 Å². The van der Waals surface area contributed by atoms with E-state index in [1.165, 1.54) is 0 Å². The van der Waals surface area contributed by atoms with Gasteiger partial charge >= 0.3 is 11.9 Å². The number of allylic oxidation sites excluding steroid dienone is 1. The summed E-state index contributed by atoms with van der Waals surface area (Å²) >= 11 is 0. The predicted molar refractivity (Wildman–Crippen MR) is 65.4 cm³/mol. The lowest BCUT2D eigenvalue weighted by atomic mass is 9.76. The molecule has 2 rings (SSSR count). The fourth-order valence-electron chi connectivity index (χ4n) is 2.74. The molecule has 0 amide bonds. The first-order valence-corrected chi connectivity index (χ1v) is 6.14. The van der Waals surface area contributed by atoms with Gasteiger partial charge in [-0.05, 0) is 25.2 Å². The molecule has 0 aromatic carbocycles. The molecular formula is C14H18O4. The Morgan fingerprint density at radius 3 is 2.22 bits per heavy atom. The van der Waals surface area contributed by atoms with E-state index < -0.39 is 17.7 Å². The quantitative estimate of drug-likeness (QED) is 0.310. The number of carbonyl (C=O) groups excluding carboxylic acids is 2. The molecule has 1 saturated carbocycles. The highest BCUT2D eigenvalue weighted by molar-refractivity contribution is 6.14. The van der Waals surface area contributed by atoms with Gasteiger partial charge in [0.2, 0.25) is 0 Å². The van der Waals surface area contributed by atoms with E-state index >= 15 is 0 Å². The van der Waals surface area contributed by atoms with E-state index in [2.05, 4.69) is 20.1 Å². The summed E-state index contributed by atoms with van der Waals surface area (Å²) < 4.78 is 10.5. The van der Waals surface area contributed by atoms with Crippen molar-refractivity contribution < 1.29 is 19.1 Å². The monoisotopic (exact) mass is 250 g/mol. The maximum absolute atomic E-state index is 11.6. The van der Waals surface area contributed by atoms with Crippen LogP contribution in [-0.2, 0) is 19.1 Å². The first-order valence-electron chi connectivity index (χ1n) is 6.14. The minimum Gasteiger partial charge on any atom is -0.419 e. The Kier molecular flexibility index (Phi) is 3.05. The number of rotatable bonds is 1. The van der Waals surface area contributed by atoms with Crippen LogP contribution < -0.4 is 0 Å². The second-order valence-electron chi connectivity index (χ2n) is 5.47. The van der Waals surface area contributed by atoms with Crippen LogP contribution in [0.15, 0.2) is 24.3 Å². The number of hydrogen-bond acceptors (Lipinski definition) is 4. The van der Waals surface area contributed by atoms with Crippen LogP contribution in [0.5, 0.6) is 0 Å². The molecule has 2 aliphatic rings. The summed E-state index contributed by atoms with van der Waals surface area (Å²) in [6.07, 6.45) is 2.54. The van der Waals surface area contributed by atoms with Crippen molar-refractivity contribution in [2.75, 3.05) is 0 Å². The highest BCUT2D eigenvalue weighted by Crippen LogP contribution is 2.42. The Morgan fingerprint density at radius 1 is 1.17 bits per heavy atom. The van der Waals surface area contributed by atoms with Gasteiger partial charge in [-0.1, -0.05) is 25.7 Å². The molecule has 1 aliphatic heterocycles. The van der Waals surface area contributed by atoms with Gasteiger partial charge in [0.1, 0.15) is 5.57 Å². The Hall–Kier alpha value is -1.58. The second kappa shape index (κ2) is 4.26. The van der Waals surface area contributed by atoms with Crippen molar-refractivity contribution in [2.24, 2.45) is 11.8 Å². The molecule has 2 unspecified atom stereocenters. The highest BCUT2D eigenvalue weighted by Gasteiger charge is 2.48. The predicted octanol–water partition coefficient (Wildman–Crippen LogP) is 2.35. The number of ether oxygens (including phenoxy) is 2. The van der Waals surface area contributed by atoms with E-state index in [0.717, 1.165) is 18.4 Å². The van der Waals surface area contributed by atoms with Gasteiger partial charge in [-0.2, -0.15) is 0 Å². The summed E-state index contributed by atoms with van der Waals surface area (Å²) in [5.74, 6) is -2.13. The van der Waals surface area contributed by atoms with Gasteiger partial charge < -0.3 is 9.47 Å². The highest BCUT2D eigenvalue weighted by atomic mass is 16.7. The van der Waals surface area contributed by atoms with Crippen LogP contribution >= 0.6 is 0 Å². The third-order valence-electron chi connectivity index (χ3n) is 3.68. The lowest BCUT2D eigenvalue weighted by molar-refractivity contribution is -0.249. The zero-order chi connectivity index (χ0) is 13.5. The minimum absolute atomic E-state index is 0.0326. The summed E-state index contributed by atoms with van der Waals surface area (Å²) in [6.45, 7) is 11.1. The lowest BCUT2D eigenvalue weighted by Gasteiger charge is -2.42. The van der Waals surface area contributed by atoms with Gasteiger partial charge in [-0.3, -0.25) is 0 Å². The first-order chi connectivity index (χ1) is 8.32. The number of cyclic esters (lactones) is 2. The van der Waals surface area contributed by atoms with E-state index in [0.29, 0.717) is 12.3 Å². The smallest absolute Gasteiger partial charge is 0.348 e. The molecule has 0 aromatic rings. The van der Waals surface area contributed by atoms with Crippen molar-refractivity contribution in [1.82, 2.24) is 0 Å². The van der Waals surface area contributed by atoms with Gasteiger partial charge in [0.25, 0.3) is 5.79 Å². The van der Waals surface area contributed by atoms with Crippen LogP contribution in [0.2, 0.25) is 0 Å². The molecule has 0 spiro atoms. The molecule has 4 heteroatoms.